The van der Waals surface area contributed by atoms with Crippen LogP contribution in [0.1, 0.15) is 45.7 Å². The summed E-state index contributed by atoms with van der Waals surface area (Å²) in [5, 5.41) is 2.13. The van der Waals surface area contributed by atoms with Gasteiger partial charge < -0.3 is 10.6 Å². The fourth-order valence-corrected chi connectivity index (χ4v) is 4.05. The molecule has 0 saturated carbocycles. The van der Waals surface area contributed by atoms with Crippen molar-refractivity contribution in [2.75, 3.05) is 12.3 Å². The number of rotatable bonds is 2. The first-order valence-electron chi connectivity index (χ1n) is 7.35. The lowest BCUT2D eigenvalue weighted by atomic mass is 9.96. The van der Waals surface area contributed by atoms with Gasteiger partial charge >= 0.3 is 0 Å². The lowest BCUT2D eigenvalue weighted by Crippen LogP contribution is -2.39. The van der Waals surface area contributed by atoms with Gasteiger partial charge in [-0.15, -0.1) is 11.3 Å². The molecule has 1 amide bonds. The van der Waals surface area contributed by atoms with Crippen LogP contribution in [0.25, 0.3) is 0 Å². The lowest BCUT2D eigenvalue weighted by Gasteiger charge is -2.36. The highest BCUT2D eigenvalue weighted by Gasteiger charge is 2.31. The Hall–Kier alpha value is -1.81. The van der Waals surface area contributed by atoms with Gasteiger partial charge in [0.1, 0.15) is 0 Å². The lowest BCUT2D eigenvalue weighted by molar-refractivity contribution is 0.0657. The summed E-state index contributed by atoms with van der Waals surface area (Å²) >= 11 is 1.80. The number of hydrogen-bond donors (Lipinski definition) is 1. The van der Waals surface area contributed by atoms with Crippen molar-refractivity contribution < 1.29 is 4.79 Å². The molecule has 21 heavy (non-hydrogen) atoms. The number of fused-ring (bicyclic) bond motifs is 1. The number of benzene rings is 1. The summed E-state index contributed by atoms with van der Waals surface area (Å²) in [5.41, 5.74) is 9.56. The van der Waals surface area contributed by atoms with Crippen molar-refractivity contribution in [3.05, 3.63) is 51.2 Å². The SMILES string of the molecule is CCC1c2ccsc2CCN1C(=O)c1cccc(N)c1C. The average Bonchev–Trinajstić information content (AvgIpc) is 2.96. The number of nitrogens with two attached hydrogens (primary N) is 1. The summed E-state index contributed by atoms with van der Waals surface area (Å²) in [4.78, 5) is 16.4. The van der Waals surface area contributed by atoms with Gasteiger partial charge in [0.05, 0.1) is 6.04 Å². The number of amides is 1. The first-order chi connectivity index (χ1) is 10.1. The molecule has 110 valence electrons. The van der Waals surface area contributed by atoms with Crippen molar-refractivity contribution >= 4 is 22.9 Å². The molecule has 1 unspecified atom stereocenters. The molecule has 0 radical (unpaired) electrons. The molecule has 2 aromatic rings. The first kappa shape index (κ1) is 14.1. The van der Waals surface area contributed by atoms with Gasteiger partial charge in [-0.1, -0.05) is 13.0 Å². The molecular formula is C17H20N2OS. The molecular weight excluding hydrogens is 280 g/mol. The number of nitrogen functional groups attached to an aromatic ring is 1. The third-order valence-corrected chi connectivity index (χ3v) is 5.35. The van der Waals surface area contributed by atoms with Crippen LogP contribution in [0.2, 0.25) is 0 Å². The summed E-state index contributed by atoms with van der Waals surface area (Å²) in [6.07, 6.45) is 1.90. The maximum atomic E-state index is 12.9. The maximum Gasteiger partial charge on any atom is 0.254 e. The van der Waals surface area contributed by atoms with Gasteiger partial charge in [0, 0.05) is 22.7 Å². The van der Waals surface area contributed by atoms with Crippen LogP contribution in [-0.4, -0.2) is 17.4 Å². The summed E-state index contributed by atoms with van der Waals surface area (Å²) in [6.45, 7) is 4.85. The standard InChI is InChI=1S/C17H20N2OS/c1-3-15-13-8-10-21-16(13)7-9-19(15)17(20)12-5-4-6-14(18)11(12)2/h4-6,8,10,15H,3,7,9,18H2,1-2H3. The molecule has 0 aliphatic carbocycles. The topological polar surface area (TPSA) is 46.3 Å². The van der Waals surface area contributed by atoms with Crippen LogP contribution in [-0.2, 0) is 6.42 Å². The van der Waals surface area contributed by atoms with Crippen molar-refractivity contribution in [2.24, 2.45) is 0 Å². The summed E-state index contributed by atoms with van der Waals surface area (Å²) < 4.78 is 0. The molecule has 0 saturated heterocycles. The van der Waals surface area contributed by atoms with Crippen LogP contribution in [0, 0.1) is 6.92 Å². The van der Waals surface area contributed by atoms with Gasteiger partial charge in [0.15, 0.2) is 0 Å². The number of carbonyl (C=O) groups excluding carboxylic acids is 1. The van der Waals surface area contributed by atoms with Crippen LogP contribution in [0.3, 0.4) is 0 Å². The van der Waals surface area contributed by atoms with Gasteiger partial charge in [-0.25, -0.2) is 0 Å². The summed E-state index contributed by atoms with van der Waals surface area (Å²) in [6, 6.07) is 7.94. The van der Waals surface area contributed by atoms with E-state index in [1.165, 1.54) is 10.4 Å². The van der Waals surface area contributed by atoms with E-state index in [-0.39, 0.29) is 11.9 Å². The van der Waals surface area contributed by atoms with Crippen LogP contribution < -0.4 is 5.73 Å². The normalized spacial score (nSPS) is 17.6. The third-order valence-electron chi connectivity index (χ3n) is 4.35. The Bertz CT molecular complexity index is 677. The highest BCUT2D eigenvalue weighted by Crippen LogP contribution is 2.36. The number of hydrogen-bond acceptors (Lipinski definition) is 3. The highest BCUT2D eigenvalue weighted by molar-refractivity contribution is 7.10. The van der Waals surface area contributed by atoms with E-state index in [9.17, 15) is 4.79 Å². The number of carbonyl (C=O) groups is 1. The molecule has 0 bridgehead atoms. The van der Waals surface area contributed by atoms with Crippen LogP contribution in [0.4, 0.5) is 5.69 Å². The van der Waals surface area contributed by atoms with Gasteiger partial charge in [-0.2, -0.15) is 0 Å². The first-order valence-corrected chi connectivity index (χ1v) is 8.23. The summed E-state index contributed by atoms with van der Waals surface area (Å²) in [7, 11) is 0. The molecule has 0 fully saturated rings. The Morgan fingerprint density at radius 3 is 3.00 bits per heavy atom. The van der Waals surface area contributed by atoms with Crippen molar-refractivity contribution in [1.82, 2.24) is 4.90 Å². The Morgan fingerprint density at radius 2 is 2.24 bits per heavy atom. The second-order valence-corrected chi connectivity index (χ2v) is 6.49. The Kier molecular flexibility index (Phi) is 3.72. The smallest absolute Gasteiger partial charge is 0.254 e. The Morgan fingerprint density at radius 1 is 1.43 bits per heavy atom. The molecule has 2 heterocycles. The predicted molar refractivity (Wildman–Crippen MR) is 87.7 cm³/mol. The molecule has 3 rings (SSSR count). The molecule has 4 heteroatoms. The number of nitrogens with zero attached hydrogens (tertiary/aromatic N) is 1. The van der Waals surface area contributed by atoms with E-state index >= 15 is 0 Å². The van der Waals surface area contributed by atoms with Crippen molar-refractivity contribution in [1.29, 1.82) is 0 Å². The quantitative estimate of drug-likeness (QED) is 0.858. The zero-order valence-electron chi connectivity index (χ0n) is 12.4. The monoisotopic (exact) mass is 300 g/mol. The van der Waals surface area contributed by atoms with Crippen molar-refractivity contribution in [2.45, 2.75) is 32.7 Å². The zero-order chi connectivity index (χ0) is 15.0. The molecule has 2 N–H and O–H groups in total. The Balaban J connectivity index is 1.97. The molecule has 0 spiro atoms. The molecule has 1 atom stereocenters. The zero-order valence-corrected chi connectivity index (χ0v) is 13.2. The highest BCUT2D eigenvalue weighted by atomic mass is 32.1. The van der Waals surface area contributed by atoms with E-state index in [0.29, 0.717) is 5.69 Å². The van der Waals surface area contributed by atoms with E-state index in [4.69, 9.17) is 5.73 Å². The van der Waals surface area contributed by atoms with Gasteiger partial charge in [0.25, 0.3) is 5.91 Å². The van der Waals surface area contributed by atoms with E-state index in [1.807, 2.05) is 30.0 Å². The fraction of sp³-hybridized carbons (Fsp3) is 0.353. The molecule has 1 aromatic carbocycles. The average molecular weight is 300 g/mol. The van der Waals surface area contributed by atoms with Crippen molar-refractivity contribution in [3.8, 4) is 0 Å². The minimum Gasteiger partial charge on any atom is -0.398 e. The fourth-order valence-electron chi connectivity index (χ4n) is 3.12. The van der Waals surface area contributed by atoms with Gasteiger partial charge in [0.2, 0.25) is 0 Å². The Labute approximate surface area is 129 Å². The van der Waals surface area contributed by atoms with Crippen LogP contribution >= 0.6 is 11.3 Å². The molecule has 1 aliphatic heterocycles. The van der Waals surface area contributed by atoms with Crippen molar-refractivity contribution in [3.63, 3.8) is 0 Å². The molecule has 1 aromatic heterocycles. The summed E-state index contributed by atoms with van der Waals surface area (Å²) in [5.74, 6) is 0.100. The molecule has 1 aliphatic rings. The number of anilines is 1. The van der Waals surface area contributed by atoms with E-state index in [0.717, 1.165) is 30.5 Å². The predicted octanol–water partition coefficient (Wildman–Crippen LogP) is 3.79. The third kappa shape index (κ3) is 2.33. The second-order valence-electron chi connectivity index (χ2n) is 5.49. The maximum absolute atomic E-state index is 12.9. The van der Waals surface area contributed by atoms with Gasteiger partial charge in [-0.05, 0) is 54.5 Å². The second kappa shape index (κ2) is 5.53. The van der Waals surface area contributed by atoms with E-state index in [2.05, 4.69) is 18.4 Å². The van der Waals surface area contributed by atoms with Gasteiger partial charge in [-0.3, -0.25) is 4.79 Å². The minimum atomic E-state index is 0.100. The van der Waals surface area contributed by atoms with E-state index < -0.39 is 0 Å². The van der Waals surface area contributed by atoms with Crippen LogP contribution in [0.15, 0.2) is 29.6 Å². The largest absolute Gasteiger partial charge is 0.398 e. The van der Waals surface area contributed by atoms with E-state index in [1.54, 1.807) is 11.3 Å². The minimum absolute atomic E-state index is 0.100. The van der Waals surface area contributed by atoms with Crippen LogP contribution in [0.5, 0.6) is 0 Å². The molecule has 3 nitrogen and oxygen atoms in total. The number of thiophene rings is 1.